The molecule has 2 N–H and O–H groups in total. The summed E-state index contributed by atoms with van der Waals surface area (Å²) in [4.78, 5) is 0.329. The number of benzene rings is 2. The molecular weight excluding hydrogens is 472 g/mol. The van der Waals surface area contributed by atoms with Gasteiger partial charge in [0, 0.05) is 38.6 Å². The molecule has 0 atom stereocenters. The van der Waals surface area contributed by atoms with E-state index in [2.05, 4.69) is 10.6 Å². The zero-order valence-electron chi connectivity index (χ0n) is 18.0. The molecule has 1 saturated heterocycles. The summed E-state index contributed by atoms with van der Waals surface area (Å²) in [7, 11) is -4.32. The van der Waals surface area contributed by atoms with Crippen LogP contribution in [0.3, 0.4) is 0 Å². The van der Waals surface area contributed by atoms with E-state index < -0.39 is 20.0 Å². The number of ether oxygens (including phenoxy) is 1. The summed E-state index contributed by atoms with van der Waals surface area (Å²) in [5.74, 6) is 0. The summed E-state index contributed by atoms with van der Waals surface area (Å²) >= 11 is 5.34. The van der Waals surface area contributed by atoms with E-state index in [0.717, 1.165) is 4.31 Å². The molecule has 0 spiro atoms. The molecule has 0 amide bonds. The first-order valence-electron chi connectivity index (χ1n) is 9.81. The fraction of sp³-hybridized carbons (Fsp3) is 0.350. The number of hydrogen-bond acceptors (Lipinski definition) is 6. The predicted molar refractivity (Wildman–Crippen MR) is 128 cm³/mol. The second-order valence-electron chi connectivity index (χ2n) is 7.39. The van der Waals surface area contributed by atoms with Crippen molar-refractivity contribution in [1.29, 1.82) is 0 Å². The van der Waals surface area contributed by atoms with Gasteiger partial charge >= 0.3 is 0 Å². The lowest BCUT2D eigenvalue weighted by atomic mass is 10.2. The molecule has 0 aromatic heterocycles. The van der Waals surface area contributed by atoms with Gasteiger partial charge in [-0.25, -0.2) is 21.1 Å². The maximum Gasteiger partial charge on any atom is 0.243 e. The Morgan fingerprint density at radius 2 is 1.62 bits per heavy atom. The molecule has 1 fully saturated rings. The average Bonchev–Trinajstić information content (AvgIpc) is 2.75. The first-order valence-corrected chi connectivity index (χ1v) is 13.1. The number of nitrogens with zero attached hydrogens (tertiary/aromatic N) is 2. The molecule has 0 radical (unpaired) electrons. The Morgan fingerprint density at radius 1 is 1.00 bits per heavy atom. The molecule has 0 aliphatic carbocycles. The quantitative estimate of drug-likeness (QED) is 0.583. The summed E-state index contributed by atoms with van der Waals surface area (Å²) in [5.41, 5.74) is 1.61. The molecule has 0 bridgehead atoms. The molecule has 2 aromatic rings. The molecule has 0 unspecified atom stereocenters. The van der Waals surface area contributed by atoms with Crippen molar-refractivity contribution in [1.82, 2.24) is 8.61 Å². The standard InChI is InChI=1S/C20H26N4O5S3/c1-15-7-8-17(14-19(15)32(27,28)24-9-11-29-12-10-24)22-20(30)21-16-5-4-6-18(13-16)31(25,26)23(2)3/h4-8,13-14H,9-12H2,1-3H3,(H2,21,22,30). The minimum absolute atomic E-state index is 0.129. The van der Waals surface area contributed by atoms with E-state index in [-0.39, 0.29) is 14.9 Å². The van der Waals surface area contributed by atoms with Crippen molar-refractivity contribution in [3.8, 4) is 0 Å². The fourth-order valence-electron chi connectivity index (χ4n) is 3.12. The number of sulfonamides is 2. The topological polar surface area (TPSA) is 108 Å². The van der Waals surface area contributed by atoms with Crippen LogP contribution in [0.5, 0.6) is 0 Å². The Kier molecular flexibility index (Phi) is 7.53. The van der Waals surface area contributed by atoms with Gasteiger partial charge in [-0.15, -0.1) is 0 Å². The molecule has 1 heterocycles. The molecule has 12 heteroatoms. The highest BCUT2D eigenvalue weighted by Gasteiger charge is 2.28. The average molecular weight is 499 g/mol. The van der Waals surface area contributed by atoms with Crippen LogP contribution in [0.15, 0.2) is 52.3 Å². The van der Waals surface area contributed by atoms with Crippen molar-refractivity contribution in [2.75, 3.05) is 51.0 Å². The van der Waals surface area contributed by atoms with E-state index in [0.29, 0.717) is 43.2 Å². The normalized spacial score (nSPS) is 15.5. The van der Waals surface area contributed by atoms with Gasteiger partial charge in [0.1, 0.15) is 0 Å². The minimum atomic E-state index is -3.66. The van der Waals surface area contributed by atoms with Gasteiger partial charge in [-0.1, -0.05) is 12.1 Å². The first-order chi connectivity index (χ1) is 15.0. The van der Waals surface area contributed by atoms with Crippen LogP contribution in [-0.2, 0) is 24.8 Å². The molecule has 2 aromatic carbocycles. The summed E-state index contributed by atoms with van der Waals surface area (Å²) in [6.45, 7) is 3.10. The van der Waals surface area contributed by atoms with Crippen LogP contribution in [0.25, 0.3) is 0 Å². The van der Waals surface area contributed by atoms with Crippen LogP contribution in [0.1, 0.15) is 5.56 Å². The summed E-state index contributed by atoms with van der Waals surface area (Å²) in [6, 6.07) is 11.3. The van der Waals surface area contributed by atoms with Crippen molar-refractivity contribution in [2.45, 2.75) is 16.7 Å². The maximum atomic E-state index is 13.1. The summed E-state index contributed by atoms with van der Waals surface area (Å²) in [5, 5.41) is 6.10. The highest BCUT2D eigenvalue weighted by molar-refractivity contribution is 7.89. The van der Waals surface area contributed by atoms with Crippen molar-refractivity contribution in [2.24, 2.45) is 0 Å². The van der Waals surface area contributed by atoms with E-state index in [4.69, 9.17) is 17.0 Å². The maximum absolute atomic E-state index is 13.1. The van der Waals surface area contributed by atoms with Crippen molar-refractivity contribution in [3.05, 3.63) is 48.0 Å². The Bertz CT molecular complexity index is 1210. The molecule has 1 aliphatic heterocycles. The van der Waals surface area contributed by atoms with Crippen LogP contribution < -0.4 is 10.6 Å². The second-order valence-corrected chi connectivity index (χ2v) is 11.9. The SMILES string of the molecule is Cc1ccc(NC(=S)Nc2cccc(S(=O)(=O)N(C)C)c2)cc1S(=O)(=O)N1CCOCC1. The fourth-order valence-corrected chi connectivity index (χ4v) is 5.96. The summed E-state index contributed by atoms with van der Waals surface area (Å²) < 4.78 is 58.6. The molecule has 3 rings (SSSR count). The first kappa shape index (κ1) is 24.6. The van der Waals surface area contributed by atoms with Crippen LogP contribution in [0.2, 0.25) is 0 Å². The molecular formula is C20H26N4O5S3. The number of rotatable bonds is 6. The van der Waals surface area contributed by atoms with Crippen molar-refractivity contribution < 1.29 is 21.6 Å². The zero-order valence-corrected chi connectivity index (χ0v) is 20.5. The molecule has 1 aliphatic rings. The Hall–Kier alpha value is -2.09. The third kappa shape index (κ3) is 5.45. The van der Waals surface area contributed by atoms with Gasteiger partial charge in [0.05, 0.1) is 23.0 Å². The number of thiocarbonyl (C=S) groups is 1. The third-order valence-corrected chi connectivity index (χ3v) is 8.96. The van der Waals surface area contributed by atoms with E-state index in [1.54, 1.807) is 37.3 Å². The second kappa shape index (κ2) is 9.81. The lowest BCUT2D eigenvalue weighted by Crippen LogP contribution is -2.40. The van der Waals surface area contributed by atoms with Crippen LogP contribution >= 0.6 is 12.2 Å². The number of aryl methyl sites for hydroxylation is 1. The third-order valence-electron chi connectivity index (χ3n) is 4.90. The van der Waals surface area contributed by atoms with Gasteiger partial charge in [0.15, 0.2) is 5.11 Å². The van der Waals surface area contributed by atoms with Crippen molar-refractivity contribution in [3.63, 3.8) is 0 Å². The zero-order chi connectivity index (χ0) is 23.5. The smallest absolute Gasteiger partial charge is 0.243 e. The van der Waals surface area contributed by atoms with Gasteiger partial charge in [0.25, 0.3) is 0 Å². The lowest BCUT2D eigenvalue weighted by molar-refractivity contribution is 0.0730. The van der Waals surface area contributed by atoms with E-state index >= 15 is 0 Å². The van der Waals surface area contributed by atoms with Gasteiger partial charge in [-0.05, 0) is 55.0 Å². The Balaban J connectivity index is 1.77. The lowest BCUT2D eigenvalue weighted by Gasteiger charge is -2.27. The number of morpholine rings is 1. The summed E-state index contributed by atoms with van der Waals surface area (Å²) in [6.07, 6.45) is 0. The Labute approximate surface area is 194 Å². The van der Waals surface area contributed by atoms with Crippen molar-refractivity contribution >= 4 is 48.8 Å². The number of anilines is 2. The highest BCUT2D eigenvalue weighted by atomic mass is 32.2. The number of hydrogen-bond donors (Lipinski definition) is 2. The van der Waals surface area contributed by atoms with Crippen LogP contribution in [0, 0.1) is 6.92 Å². The largest absolute Gasteiger partial charge is 0.379 e. The van der Waals surface area contributed by atoms with E-state index in [9.17, 15) is 16.8 Å². The van der Waals surface area contributed by atoms with Gasteiger partial charge in [0.2, 0.25) is 20.0 Å². The molecule has 0 saturated carbocycles. The van der Waals surface area contributed by atoms with Crippen LogP contribution in [0.4, 0.5) is 11.4 Å². The van der Waals surface area contributed by atoms with Crippen LogP contribution in [-0.4, -0.2) is 71.0 Å². The molecule has 32 heavy (non-hydrogen) atoms. The van der Waals surface area contributed by atoms with E-state index in [1.807, 2.05) is 0 Å². The monoisotopic (exact) mass is 498 g/mol. The highest BCUT2D eigenvalue weighted by Crippen LogP contribution is 2.25. The Morgan fingerprint density at radius 3 is 2.25 bits per heavy atom. The minimum Gasteiger partial charge on any atom is -0.379 e. The van der Waals surface area contributed by atoms with Gasteiger partial charge in [-0.3, -0.25) is 0 Å². The predicted octanol–water partition coefficient (Wildman–Crippen LogP) is 2.08. The van der Waals surface area contributed by atoms with Gasteiger partial charge < -0.3 is 15.4 Å². The molecule has 9 nitrogen and oxygen atoms in total. The molecule has 174 valence electrons. The van der Waals surface area contributed by atoms with E-state index in [1.165, 1.54) is 30.5 Å². The number of nitrogens with one attached hydrogen (secondary N) is 2. The van der Waals surface area contributed by atoms with Gasteiger partial charge in [-0.2, -0.15) is 4.31 Å².